The Morgan fingerprint density at radius 3 is 2.65 bits per heavy atom. The van der Waals surface area contributed by atoms with Gasteiger partial charge in [0.05, 0.1) is 16.5 Å². The molecule has 2 aromatic rings. The normalized spacial score (nSPS) is 17.3. The standard InChI is InChI=1S/C16H23N3O2S2/c1-4-12-5-6-14-15(11-12)22-16(17-14)19-9-7-13(8-10-19)18(2)23(3,20)21/h5-6,11,13H,4,7-10H2,1-3H3. The zero-order valence-corrected chi connectivity index (χ0v) is 15.5. The summed E-state index contributed by atoms with van der Waals surface area (Å²) in [5.74, 6) is 0. The van der Waals surface area contributed by atoms with E-state index < -0.39 is 10.0 Å². The molecule has 0 unspecified atom stereocenters. The fourth-order valence-corrected chi connectivity index (χ4v) is 4.84. The molecule has 1 aliphatic heterocycles. The van der Waals surface area contributed by atoms with E-state index in [4.69, 9.17) is 4.98 Å². The van der Waals surface area contributed by atoms with Crippen molar-refractivity contribution in [3.8, 4) is 0 Å². The van der Waals surface area contributed by atoms with Crippen LogP contribution in [0.3, 0.4) is 0 Å². The molecule has 1 saturated heterocycles. The molecule has 1 fully saturated rings. The maximum atomic E-state index is 11.7. The minimum atomic E-state index is -3.11. The summed E-state index contributed by atoms with van der Waals surface area (Å²) in [5, 5.41) is 1.05. The molecule has 7 heteroatoms. The Labute approximate surface area is 142 Å². The highest BCUT2D eigenvalue weighted by Gasteiger charge is 2.28. The Balaban J connectivity index is 1.72. The molecule has 0 spiro atoms. The highest BCUT2D eigenvalue weighted by molar-refractivity contribution is 7.88. The second-order valence-corrected chi connectivity index (χ2v) is 9.20. The number of rotatable bonds is 4. The number of benzene rings is 1. The number of piperidine rings is 1. The van der Waals surface area contributed by atoms with Crippen molar-refractivity contribution in [1.82, 2.24) is 9.29 Å². The predicted molar refractivity (Wildman–Crippen MR) is 96.8 cm³/mol. The van der Waals surface area contributed by atoms with Gasteiger partial charge in [-0.2, -0.15) is 0 Å². The van der Waals surface area contributed by atoms with Crippen LogP contribution in [-0.4, -0.2) is 50.1 Å². The van der Waals surface area contributed by atoms with Gasteiger partial charge in [0.2, 0.25) is 10.0 Å². The lowest BCUT2D eigenvalue weighted by Crippen LogP contribution is -2.45. The summed E-state index contributed by atoms with van der Waals surface area (Å²) < 4.78 is 26.1. The molecule has 0 amide bonds. The van der Waals surface area contributed by atoms with Gasteiger partial charge in [-0.15, -0.1) is 0 Å². The predicted octanol–water partition coefficient (Wildman–Crippen LogP) is 2.72. The summed E-state index contributed by atoms with van der Waals surface area (Å²) in [6.07, 6.45) is 4.00. The molecule has 1 aromatic heterocycles. The lowest BCUT2D eigenvalue weighted by atomic mass is 10.1. The first-order valence-electron chi connectivity index (χ1n) is 7.96. The number of anilines is 1. The van der Waals surface area contributed by atoms with E-state index in [9.17, 15) is 8.42 Å². The van der Waals surface area contributed by atoms with Crippen molar-refractivity contribution >= 4 is 36.7 Å². The van der Waals surface area contributed by atoms with Crippen LogP contribution in [0.4, 0.5) is 5.13 Å². The van der Waals surface area contributed by atoms with Gasteiger partial charge in [-0.3, -0.25) is 0 Å². The second kappa shape index (κ2) is 6.37. The quantitative estimate of drug-likeness (QED) is 0.848. The lowest BCUT2D eigenvalue weighted by Gasteiger charge is -2.35. The number of fused-ring (bicyclic) bond motifs is 1. The zero-order valence-electron chi connectivity index (χ0n) is 13.8. The van der Waals surface area contributed by atoms with E-state index in [1.54, 1.807) is 18.4 Å². The van der Waals surface area contributed by atoms with Crippen molar-refractivity contribution in [2.45, 2.75) is 32.2 Å². The number of hydrogen-bond donors (Lipinski definition) is 0. The fourth-order valence-electron chi connectivity index (χ4n) is 3.00. The van der Waals surface area contributed by atoms with E-state index in [0.717, 1.165) is 43.0 Å². The number of hydrogen-bond acceptors (Lipinski definition) is 5. The third kappa shape index (κ3) is 3.51. The molecule has 23 heavy (non-hydrogen) atoms. The SMILES string of the molecule is CCc1ccc2nc(N3CCC(N(C)S(C)(=O)=O)CC3)sc2c1. The number of thiazole rings is 1. The molecule has 5 nitrogen and oxygen atoms in total. The number of sulfonamides is 1. The number of aromatic nitrogens is 1. The summed E-state index contributed by atoms with van der Waals surface area (Å²) in [6.45, 7) is 3.86. The molecular formula is C16H23N3O2S2. The summed E-state index contributed by atoms with van der Waals surface area (Å²) in [6, 6.07) is 6.56. The van der Waals surface area contributed by atoms with E-state index >= 15 is 0 Å². The van der Waals surface area contributed by atoms with Gasteiger partial charge in [0.25, 0.3) is 0 Å². The third-order valence-corrected chi connectivity index (χ3v) is 7.05. The van der Waals surface area contributed by atoms with E-state index in [2.05, 4.69) is 30.0 Å². The van der Waals surface area contributed by atoms with Crippen molar-refractivity contribution in [1.29, 1.82) is 0 Å². The smallest absolute Gasteiger partial charge is 0.211 e. The Hall–Kier alpha value is -1.18. The first kappa shape index (κ1) is 16.7. The summed E-state index contributed by atoms with van der Waals surface area (Å²) in [7, 11) is -1.43. The number of nitrogens with zero attached hydrogens (tertiary/aromatic N) is 3. The van der Waals surface area contributed by atoms with Gasteiger partial charge in [0, 0.05) is 26.2 Å². The molecule has 0 aliphatic carbocycles. The maximum absolute atomic E-state index is 11.7. The molecule has 0 N–H and O–H groups in total. The zero-order chi connectivity index (χ0) is 16.6. The third-order valence-electron chi connectivity index (χ3n) is 4.62. The summed E-state index contributed by atoms with van der Waals surface area (Å²) in [4.78, 5) is 7.02. The van der Waals surface area contributed by atoms with E-state index in [1.807, 2.05) is 0 Å². The molecule has 126 valence electrons. The fraction of sp³-hybridized carbons (Fsp3) is 0.562. The summed E-state index contributed by atoms with van der Waals surface area (Å²) >= 11 is 1.73. The monoisotopic (exact) mass is 353 g/mol. The van der Waals surface area contributed by atoms with Crippen molar-refractivity contribution in [2.75, 3.05) is 31.3 Å². The topological polar surface area (TPSA) is 53.5 Å². The highest BCUT2D eigenvalue weighted by Crippen LogP contribution is 2.32. The van der Waals surface area contributed by atoms with Crippen LogP contribution in [0, 0.1) is 0 Å². The minimum Gasteiger partial charge on any atom is -0.348 e. The largest absolute Gasteiger partial charge is 0.348 e. The molecule has 3 rings (SSSR count). The van der Waals surface area contributed by atoms with Crippen LogP contribution in [0.1, 0.15) is 25.3 Å². The van der Waals surface area contributed by atoms with Gasteiger partial charge in [-0.25, -0.2) is 17.7 Å². The molecule has 1 aliphatic rings. The Morgan fingerprint density at radius 1 is 1.35 bits per heavy atom. The van der Waals surface area contributed by atoms with Crippen LogP contribution in [-0.2, 0) is 16.4 Å². The van der Waals surface area contributed by atoms with Crippen LogP contribution in [0.25, 0.3) is 10.2 Å². The second-order valence-electron chi connectivity index (χ2n) is 6.15. The molecule has 2 heterocycles. The van der Waals surface area contributed by atoms with Gasteiger partial charge in [0.1, 0.15) is 0 Å². The van der Waals surface area contributed by atoms with Crippen LogP contribution < -0.4 is 4.90 Å². The van der Waals surface area contributed by atoms with Gasteiger partial charge < -0.3 is 4.90 Å². The minimum absolute atomic E-state index is 0.0994. The Kier molecular flexibility index (Phi) is 4.62. The van der Waals surface area contributed by atoms with Gasteiger partial charge in [-0.1, -0.05) is 24.3 Å². The van der Waals surface area contributed by atoms with E-state index in [0.29, 0.717) is 0 Å². The average Bonchev–Trinajstić information content (AvgIpc) is 2.96. The Bertz CT molecular complexity index is 793. The molecule has 0 saturated carbocycles. The number of aryl methyl sites for hydroxylation is 1. The first-order valence-corrected chi connectivity index (χ1v) is 10.6. The average molecular weight is 354 g/mol. The van der Waals surface area contributed by atoms with Crippen molar-refractivity contribution in [3.63, 3.8) is 0 Å². The lowest BCUT2D eigenvalue weighted by molar-refractivity contribution is 0.314. The maximum Gasteiger partial charge on any atom is 0.211 e. The van der Waals surface area contributed by atoms with Gasteiger partial charge in [0.15, 0.2) is 5.13 Å². The highest BCUT2D eigenvalue weighted by atomic mass is 32.2. The van der Waals surface area contributed by atoms with Gasteiger partial charge in [-0.05, 0) is 37.0 Å². The molecule has 1 aromatic carbocycles. The van der Waals surface area contributed by atoms with Crippen LogP contribution in [0.5, 0.6) is 0 Å². The van der Waals surface area contributed by atoms with Crippen LogP contribution in [0.2, 0.25) is 0 Å². The molecule has 0 atom stereocenters. The van der Waals surface area contributed by atoms with Crippen molar-refractivity contribution < 1.29 is 8.42 Å². The van der Waals surface area contributed by atoms with Crippen LogP contribution >= 0.6 is 11.3 Å². The molecular weight excluding hydrogens is 330 g/mol. The molecule has 0 bridgehead atoms. The van der Waals surface area contributed by atoms with Crippen molar-refractivity contribution in [3.05, 3.63) is 23.8 Å². The van der Waals surface area contributed by atoms with Crippen LogP contribution in [0.15, 0.2) is 18.2 Å². The van der Waals surface area contributed by atoms with E-state index in [1.165, 1.54) is 20.8 Å². The van der Waals surface area contributed by atoms with E-state index in [-0.39, 0.29) is 6.04 Å². The molecule has 0 radical (unpaired) electrons. The van der Waals surface area contributed by atoms with Crippen molar-refractivity contribution in [2.24, 2.45) is 0 Å². The van der Waals surface area contributed by atoms with Gasteiger partial charge >= 0.3 is 0 Å². The Morgan fingerprint density at radius 2 is 2.04 bits per heavy atom. The first-order chi connectivity index (χ1) is 10.9. The summed E-state index contributed by atoms with van der Waals surface area (Å²) in [5.41, 5.74) is 2.39.